The van der Waals surface area contributed by atoms with E-state index in [1.807, 2.05) is 16.7 Å². The SMILES string of the molecule is C[C@@H]1c2ccsc2CCN1Cc1csc(CS(C)(=O)=O)n1. The molecule has 2 aromatic heterocycles. The highest BCUT2D eigenvalue weighted by Crippen LogP contribution is 2.33. The number of sulfone groups is 1. The molecule has 2 aromatic rings. The molecule has 7 heteroatoms. The van der Waals surface area contributed by atoms with Gasteiger partial charge in [0, 0.05) is 35.6 Å². The minimum Gasteiger partial charge on any atom is -0.290 e. The summed E-state index contributed by atoms with van der Waals surface area (Å²) >= 11 is 3.28. The fourth-order valence-electron chi connectivity index (χ4n) is 2.70. The topological polar surface area (TPSA) is 50.3 Å². The van der Waals surface area contributed by atoms with Crippen LogP contribution in [0, 0.1) is 0 Å². The van der Waals surface area contributed by atoms with E-state index >= 15 is 0 Å². The molecule has 0 fully saturated rings. The number of rotatable bonds is 4. The van der Waals surface area contributed by atoms with Crippen molar-refractivity contribution in [3.05, 3.63) is 38.0 Å². The Morgan fingerprint density at radius 3 is 3.00 bits per heavy atom. The molecule has 1 aliphatic heterocycles. The second kappa shape index (κ2) is 5.79. The molecule has 0 aliphatic carbocycles. The molecule has 0 radical (unpaired) electrons. The van der Waals surface area contributed by atoms with Crippen LogP contribution in [-0.4, -0.2) is 31.1 Å². The zero-order chi connectivity index (χ0) is 15.0. The van der Waals surface area contributed by atoms with Crippen molar-refractivity contribution < 1.29 is 8.42 Å². The Kier molecular flexibility index (Phi) is 4.18. The zero-order valence-electron chi connectivity index (χ0n) is 12.1. The maximum absolute atomic E-state index is 11.3. The number of thiazole rings is 1. The molecule has 0 aromatic carbocycles. The average Bonchev–Trinajstić information content (AvgIpc) is 3.00. The highest BCUT2D eigenvalue weighted by Gasteiger charge is 2.25. The van der Waals surface area contributed by atoms with Gasteiger partial charge in [-0.2, -0.15) is 0 Å². The van der Waals surface area contributed by atoms with Crippen LogP contribution in [0.3, 0.4) is 0 Å². The molecule has 1 atom stereocenters. The van der Waals surface area contributed by atoms with Gasteiger partial charge in [-0.05, 0) is 30.4 Å². The molecule has 0 unspecified atom stereocenters. The number of fused-ring (bicyclic) bond motifs is 1. The van der Waals surface area contributed by atoms with Crippen molar-refractivity contribution >= 4 is 32.5 Å². The number of hydrogen-bond donors (Lipinski definition) is 0. The third kappa shape index (κ3) is 3.53. The molecular weight excluding hydrogens is 324 g/mol. The Morgan fingerprint density at radius 1 is 1.43 bits per heavy atom. The van der Waals surface area contributed by atoms with Crippen molar-refractivity contribution in [3.63, 3.8) is 0 Å². The minimum atomic E-state index is -3.00. The second-order valence-corrected chi connectivity index (χ2v) is 9.58. The third-order valence-electron chi connectivity index (χ3n) is 3.75. The monoisotopic (exact) mass is 342 g/mol. The highest BCUT2D eigenvalue weighted by molar-refractivity contribution is 7.90. The van der Waals surface area contributed by atoms with Crippen LogP contribution in [0.25, 0.3) is 0 Å². The molecule has 0 spiro atoms. The summed E-state index contributed by atoms with van der Waals surface area (Å²) in [6, 6.07) is 2.62. The number of thiophene rings is 1. The molecule has 0 N–H and O–H groups in total. The minimum absolute atomic E-state index is 0.0436. The van der Waals surface area contributed by atoms with Gasteiger partial charge in [-0.3, -0.25) is 4.90 Å². The smallest absolute Gasteiger partial charge is 0.153 e. The van der Waals surface area contributed by atoms with Crippen molar-refractivity contribution in [1.29, 1.82) is 0 Å². The van der Waals surface area contributed by atoms with Crippen LogP contribution in [-0.2, 0) is 28.6 Å². The Morgan fingerprint density at radius 2 is 2.24 bits per heavy atom. The van der Waals surface area contributed by atoms with E-state index in [0.717, 1.165) is 25.2 Å². The molecule has 3 rings (SSSR count). The normalized spacial score (nSPS) is 19.6. The van der Waals surface area contributed by atoms with E-state index in [0.29, 0.717) is 11.0 Å². The first-order chi connectivity index (χ1) is 9.92. The van der Waals surface area contributed by atoms with Crippen LogP contribution in [0.5, 0.6) is 0 Å². The van der Waals surface area contributed by atoms with Crippen molar-refractivity contribution in [3.8, 4) is 0 Å². The summed E-state index contributed by atoms with van der Waals surface area (Å²) in [7, 11) is -3.00. The number of aromatic nitrogens is 1. The first-order valence-corrected chi connectivity index (χ1v) is 10.7. The van der Waals surface area contributed by atoms with E-state index in [1.165, 1.54) is 28.0 Å². The number of hydrogen-bond acceptors (Lipinski definition) is 6. The first kappa shape index (κ1) is 15.1. The lowest BCUT2D eigenvalue weighted by molar-refractivity contribution is 0.189. The van der Waals surface area contributed by atoms with E-state index < -0.39 is 9.84 Å². The van der Waals surface area contributed by atoms with E-state index in [-0.39, 0.29) is 5.75 Å². The summed E-state index contributed by atoms with van der Waals surface area (Å²) in [5, 5.41) is 4.84. The Labute approximate surface area is 133 Å². The maximum Gasteiger partial charge on any atom is 0.153 e. The lowest BCUT2D eigenvalue weighted by atomic mass is 10.0. The fraction of sp³-hybridized carbons (Fsp3) is 0.500. The first-order valence-electron chi connectivity index (χ1n) is 6.84. The van der Waals surface area contributed by atoms with Gasteiger partial charge in [-0.25, -0.2) is 13.4 Å². The van der Waals surface area contributed by atoms with E-state index in [9.17, 15) is 8.42 Å². The van der Waals surface area contributed by atoms with Crippen LogP contribution < -0.4 is 0 Å². The van der Waals surface area contributed by atoms with Crippen LogP contribution in [0.1, 0.15) is 34.1 Å². The summed E-state index contributed by atoms with van der Waals surface area (Å²) in [5.41, 5.74) is 2.40. The van der Waals surface area contributed by atoms with E-state index in [4.69, 9.17) is 0 Å². The number of nitrogens with zero attached hydrogens (tertiary/aromatic N) is 2. The van der Waals surface area contributed by atoms with Crippen molar-refractivity contribution in [2.24, 2.45) is 0 Å². The molecule has 3 heterocycles. The lowest BCUT2D eigenvalue weighted by Crippen LogP contribution is -2.32. The van der Waals surface area contributed by atoms with Gasteiger partial charge in [-0.15, -0.1) is 22.7 Å². The quantitative estimate of drug-likeness (QED) is 0.857. The van der Waals surface area contributed by atoms with Crippen molar-refractivity contribution in [2.45, 2.75) is 31.7 Å². The van der Waals surface area contributed by atoms with E-state index in [1.54, 1.807) is 0 Å². The molecule has 4 nitrogen and oxygen atoms in total. The Balaban J connectivity index is 1.70. The molecule has 21 heavy (non-hydrogen) atoms. The lowest BCUT2D eigenvalue weighted by Gasteiger charge is -2.32. The summed E-state index contributed by atoms with van der Waals surface area (Å²) in [5.74, 6) is 0.0436. The molecule has 0 amide bonds. The van der Waals surface area contributed by atoms with Gasteiger partial charge in [0.1, 0.15) is 10.8 Å². The van der Waals surface area contributed by atoms with Crippen molar-refractivity contribution in [2.75, 3.05) is 12.8 Å². The standard InChI is InChI=1S/C14H18N2O2S3/c1-10-12-4-6-19-13(12)3-5-16(10)7-11-8-20-14(15-11)9-21(2,17)18/h4,6,8,10H,3,5,7,9H2,1-2H3/t10-/m1/s1. The highest BCUT2D eigenvalue weighted by atomic mass is 32.2. The van der Waals surface area contributed by atoms with Crippen LogP contribution in [0.2, 0.25) is 0 Å². The summed E-state index contributed by atoms with van der Waals surface area (Å²) < 4.78 is 22.6. The largest absolute Gasteiger partial charge is 0.290 e. The molecular formula is C14H18N2O2S3. The molecule has 114 valence electrons. The molecule has 0 bridgehead atoms. The summed E-state index contributed by atoms with van der Waals surface area (Å²) in [4.78, 5) is 8.37. The predicted molar refractivity (Wildman–Crippen MR) is 87.5 cm³/mol. The average molecular weight is 343 g/mol. The maximum atomic E-state index is 11.3. The fourth-order valence-corrected chi connectivity index (χ4v) is 5.66. The van der Waals surface area contributed by atoms with Gasteiger partial charge in [0.05, 0.1) is 5.69 Å². The Bertz CT molecular complexity index is 733. The molecule has 0 saturated heterocycles. The van der Waals surface area contributed by atoms with Gasteiger partial charge in [0.15, 0.2) is 9.84 Å². The summed E-state index contributed by atoms with van der Waals surface area (Å²) in [6.07, 6.45) is 2.34. The van der Waals surface area contributed by atoms with Gasteiger partial charge in [0.25, 0.3) is 0 Å². The second-order valence-electron chi connectivity index (χ2n) is 5.50. The van der Waals surface area contributed by atoms with Gasteiger partial charge >= 0.3 is 0 Å². The van der Waals surface area contributed by atoms with Crippen molar-refractivity contribution in [1.82, 2.24) is 9.88 Å². The van der Waals surface area contributed by atoms with Crippen LogP contribution in [0.15, 0.2) is 16.8 Å². The van der Waals surface area contributed by atoms with Crippen LogP contribution >= 0.6 is 22.7 Å². The zero-order valence-corrected chi connectivity index (χ0v) is 14.5. The van der Waals surface area contributed by atoms with Crippen LogP contribution in [0.4, 0.5) is 0 Å². The van der Waals surface area contributed by atoms with Gasteiger partial charge < -0.3 is 0 Å². The third-order valence-corrected chi connectivity index (χ3v) is 6.63. The predicted octanol–water partition coefficient (Wildman–Crippen LogP) is 2.87. The summed E-state index contributed by atoms with van der Waals surface area (Å²) in [6.45, 7) is 4.05. The van der Waals surface area contributed by atoms with Gasteiger partial charge in [0.2, 0.25) is 0 Å². The Hall–Kier alpha value is -0.760. The molecule has 0 saturated carbocycles. The van der Waals surface area contributed by atoms with Gasteiger partial charge in [-0.1, -0.05) is 0 Å². The molecule has 1 aliphatic rings. The van der Waals surface area contributed by atoms with E-state index in [2.05, 4.69) is 28.3 Å².